The van der Waals surface area contributed by atoms with Gasteiger partial charge >= 0.3 is 0 Å². The van der Waals surface area contributed by atoms with E-state index in [-0.39, 0.29) is 11.2 Å². The van der Waals surface area contributed by atoms with Crippen molar-refractivity contribution in [2.75, 3.05) is 7.11 Å². The van der Waals surface area contributed by atoms with Crippen LogP contribution in [0.5, 0.6) is 5.75 Å². The highest BCUT2D eigenvalue weighted by Crippen LogP contribution is 2.14. The number of hydrogen-bond acceptors (Lipinski definition) is 1. The third-order valence-electron chi connectivity index (χ3n) is 1.27. The maximum absolute atomic E-state index is 12.6. The number of halogens is 2. The molecule has 1 nitrogen and oxygen atoms in total. The lowest BCUT2D eigenvalue weighted by Gasteiger charge is -2.03. The molecule has 1 aromatic rings. The Balaban J connectivity index is 3.21. The maximum Gasteiger partial charge on any atom is 0.167 e. The Hall–Kier alpha value is -1.06. The van der Waals surface area contributed by atoms with E-state index >= 15 is 0 Å². The Kier molecular flexibility index (Phi) is 2.12. The van der Waals surface area contributed by atoms with Crippen LogP contribution in [0.2, 0.25) is 0 Å². The van der Waals surface area contributed by atoms with Crippen LogP contribution in [0.4, 0.5) is 8.78 Å². The Morgan fingerprint density at radius 2 is 1.91 bits per heavy atom. The fourth-order valence-corrected chi connectivity index (χ4v) is 0.701. The second-order valence-electron chi connectivity index (χ2n) is 2.01. The van der Waals surface area contributed by atoms with Gasteiger partial charge in [0, 0.05) is 6.07 Å². The van der Waals surface area contributed by atoms with E-state index in [0.29, 0.717) is 6.07 Å². The third-order valence-corrected chi connectivity index (χ3v) is 1.27. The molecule has 0 aromatic heterocycles. The molecular formula is C7H5BF2O. The smallest absolute Gasteiger partial charge is 0.167 e. The van der Waals surface area contributed by atoms with E-state index in [1.807, 2.05) is 0 Å². The first-order valence-corrected chi connectivity index (χ1v) is 2.93. The summed E-state index contributed by atoms with van der Waals surface area (Å²) >= 11 is 0. The van der Waals surface area contributed by atoms with E-state index in [1.165, 1.54) is 7.11 Å². The molecular weight excluding hydrogens is 149 g/mol. The molecule has 0 heterocycles. The lowest BCUT2D eigenvalue weighted by molar-refractivity contribution is 0.385. The molecule has 0 bridgehead atoms. The van der Waals surface area contributed by atoms with Crippen molar-refractivity contribution >= 4 is 13.3 Å². The summed E-state index contributed by atoms with van der Waals surface area (Å²) in [5.41, 5.74) is -0.122. The van der Waals surface area contributed by atoms with Crippen molar-refractivity contribution in [2.24, 2.45) is 0 Å². The van der Waals surface area contributed by atoms with Gasteiger partial charge < -0.3 is 4.74 Å². The van der Waals surface area contributed by atoms with Crippen LogP contribution in [0.15, 0.2) is 12.1 Å². The molecule has 56 valence electrons. The summed E-state index contributed by atoms with van der Waals surface area (Å²) in [6.45, 7) is 0. The first kappa shape index (κ1) is 8.05. The zero-order valence-corrected chi connectivity index (χ0v) is 5.90. The van der Waals surface area contributed by atoms with E-state index in [4.69, 9.17) is 7.85 Å². The fourth-order valence-electron chi connectivity index (χ4n) is 0.701. The predicted molar refractivity (Wildman–Crippen MR) is 38.3 cm³/mol. The van der Waals surface area contributed by atoms with E-state index in [2.05, 4.69) is 4.74 Å². The van der Waals surface area contributed by atoms with Crippen molar-refractivity contribution in [3.8, 4) is 5.75 Å². The quantitative estimate of drug-likeness (QED) is 0.542. The monoisotopic (exact) mass is 154 g/mol. The minimum atomic E-state index is -0.775. The molecule has 0 aliphatic heterocycles. The van der Waals surface area contributed by atoms with Crippen molar-refractivity contribution in [3.05, 3.63) is 23.8 Å². The average molecular weight is 154 g/mol. The van der Waals surface area contributed by atoms with E-state index in [1.54, 1.807) is 0 Å². The van der Waals surface area contributed by atoms with Gasteiger partial charge in [0.1, 0.15) is 13.7 Å². The van der Waals surface area contributed by atoms with Gasteiger partial charge in [-0.25, -0.2) is 8.78 Å². The molecule has 11 heavy (non-hydrogen) atoms. The lowest BCUT2D eigenvalue weighted by Crippen LogP contribution is -2.09. The van der Waals surface area contributed by atoms with E-state index < -0.39 is 11.6 Å². The Labute approximate surface area is 64.4 Å². The highest BCUT2D eigenvalue weighted by Gasteiger charge is 2.05. The number of methoxy groups -OCH3 is 1. The van der Waals surface area contributed by atoms with Gasteiger partial charge in [0.05, 0.1) is 7.11 Å². The normalized spacial score (nSPS) is 9.73. The second kappa shape index (κ2) is 2.90. The third kappa shape index (κ3) is 1.50. The molecule has 0 amide bonds. The molecule has 2 radical (unpaired) electrons. The zero-order valence-electron chi connectivity index (χ0n) is 5.90. The van der Waals surface area contributed by atoms with Crippen LogP contribution in [-0.2, 0) is 0 Å². The molecule has 0 aliphatic carbocycles. The Bertz CT molecular complexity index is 275. The van der Waals surface area contributed by atoms with Crippen LogP contribution in [0, 0.1) is 11.6 Å². The SMILES string of the molecule is [B]c1cc(OC)c(F)cc1F. The highest BCUT2D eigenvalue weighted by molar-refractivity contribution is 6.32. The first-order chi connectivity index (χ1) is 5.15. The molecule has 0 saturated heterocycles. The number of benzene rings is 1. The van der Waals surface area contributed by atoms with Crippen molar-refractivity contribution in [3.63, 3.8) is 0 Å². The van der Waals surface area contributed by atoms with Gasteiger partial charge in [0.25, 0.3) is 0 Å². The average Bonchev–Trinajstić information content (AvgIpc) is 1.97. The molecule has 0 N–H and O–H groups in total. The molecule has 0 fully saturated rings. The summed E-state index contributed by atoms with van der Waals surface area (Å²) in [7, 11) is 6.43. The minimum Gasteiger partial charge on any atom is -0.494 e. The topological polar surface area (TPSA) is 9.23 Å². The van der Waals surface area contributed by atoms with Gasteiger partial charge in [-0.1, -0.05) is 5.46 Å². The second-order valence-corrected chi connectivity index (χ2v) is 2.01. The summed E-state index contributed by atoms with van der Waals surface area (Å²) in [6.07, 6.45) is 0. The maximum atomic E-state index is 12.6. The van der Waals surface area contributed by atoms with Crippen LogP contribution < -0.4 is 10.2 Å². The molecule has 1 aromatic carbocycles. The molecule has 0 saturated carbocycles. The number of ether oxygens (including phenoxy) is 1. The van der Waals surface area contributed by atoms with Crippen LogP contribution >= 0.6 is 0 Å². The largest absolute Gasteiger partial charge is 0.494 e. The molecule has 0 aliphatic rings. The van der Waals surface area contributed by atoms with Crippen LogP contribution in [0.1, 0.15) is 0 Å². The molecule has 0 spiro atoms. The van der Waals surface area contributed by atoms with Gasteiger partial charge in [0.2, 0.25) is 0 Å². The van der Waals surface area contributed by atoms with Gasteiger partial charge in [-0.2, -0.15) is 0 Å². The predicted octanol–water partition coefficient (Wildman–Crippen LogP) is 0.767. The van der Waals surface area contributed by atoms with Crippen molar-refractivity contribution in [1.29, 1.82) is 0 Å². The van der Waals surface area contributed by atoms with Gasteiger partial charge in [-0.3, -0.25) is 0 Å². The van der Waals surface area contributed by atoms with Crippen molar-refractivity contribution in [1.82, 2.24) is 0 Å². The zero-order chi connectivity index (χ0) is 8.43. The summed E-state index contributed by atoms with van der Waals surface area (Å²) in [6, 6.07) is 1.79. The van der Waals surface area contributed by atoms with Gasteiger partial charge in [-0.15, -0.1) is 0 Å². The molecule has 0 unspecified atom stereocenters. The van der Waals surface area contributed by atoms with Crippen LogP contribution in [0.25, 0.3) is 0 Å². The van der Waals surface area contributed by atoms with Crippen molar-refractivity contribution in [2.45, 2.75) is 0 Å². The highest BCUT2D eigenvalue weighted by atomic mass is 19.1. The number of rotatable bonds is 1. The van der Waals surface area contributed by atoms with E-state index in [0.717, 1.165) is 6.07 Å². The fraction of sp³-hybridized carbons (Fsp3) is 0.143. The van der Waals surface area contributed by atoms with Crippen LogP contribution in [-0.4, -0.2) is 15.0 Å². The molecule has 0 atom stereocenters. The number of hydrogen-bond donors (Lipinski definition) is 0. The Morgan fingerprint density at radius 1 is 1.27 bits per heavy atom. The standard InChI is InChI=1S/C7H5BF2O/c1-11-7-2-4(8)5(9)3-6(7)10/h2-3H,1H3. The van der Waals surface area contributed by atoms with Crippen LogP contribution in [0.3, 0.4) is 0 Å². The van der Waals surface area contributed by atoms with Gasteiger partial charge in [0.15, 0.2) is 11.6 Å². The first-order valence-electron chi connectivity index (χ1n) is 2.93. The summed E-state index contributed by atoms with van der Waals surface area (Å²) in [5.74, 6) is -1.58. The molecule has 1 rings (SSSR count). The summed E-state index contributed by atoms with van der Waals surface area (Å²) in [5, 5.41) is 0. The molecule has 4 heteroatoms. The van der Waals surface area contributed by atoms with Gasteiger partial charge in [-0.05, 0) is 6.07 Å². The lowest BCUT2D eigenvalue weighted by atomic mass is 9.95. The van der Waals surface area contributed by atoms with E-state index in [9.17, 15) is 8.78 Å². The van der Waals surface area contributed by atoms with Crippen molar-refractivity contribution < 1.29 is 13.5 Å². The Morgan fingerprint density at radius 3 is 2.45 bits per heavy atom. The minimum absolute atomic E-state index is 0.0519. The summed E-state index contributed by atoms with van der Waals surface area (Å²) < 4.78 is 29.6. The summed E-state index contributed by atoms with van der Waals surface area (Å²) in [4.78, 5) is 0.